The highest BCUT2D eigenvalue weighted by molar-refractivity contribution is 6.07. The van der Waals surface area contributed by atoms with E-state index in [1.54, 1.807) is 36.4 Å². The van der Waals surface area contributed by atoms with E-state index in [0.717, 1.165) is 47.5 Å². The lowest BCUT2D eigenvalue weighted by Gasteiger charge is -2.27. The summed E-state index contributed by atoms with van der Waals surface area (Å²) in [5.74, 6) is 2.14. The molecule has 0 saturated heterocycles. The predicted octanol–water partition coefficient (Wildman–Crippen LogP) is 5.35. The maximum Gasteiger partial charge on any atom is 0.347 e. The average Bonchev–Trinajstić information content (AvgIpc) is 2.96. The van der Waals surface area contributed by atoms with E-state index in [-0.39, 0.29) is 11.8 Å². The molecule has 2 aromatic rings. The van der Waals surface area contributed by atoms with Crippen molar-refractivity contribution >= 4 is 11.8 Å². The van der Waals surface area contributed by atoms with Gasteiger partial charge in [0.05, 0.1) is 33.0 Å². The first-order valence-electron chi connectivity index (χ1n) is 13.7. The Morgan fingerprint density at radius 3 is 2.40 bits per heavy atom. The number of hydrogen-bond donors (Lipinski definition) is 0. The van der Waals surface area contributed by atoms with Gasteiger partial charge >= 0.3 is 5.97 Å². The highest BCUT2D eigenvalue weighted by Gasteiger charge is 2.29. The molecule has 0 aliphatic carbocycles. The highest BCUT2D eigenvalue weighted by Crippen LogP contribution is 2.38. The van der Waals surface area contributed by atoms with E-state index >= 15 is 0 Å². The molecule has 0 spiro atoms. The minimum absolute atomic E-state index is 0.148. The monoisotopic (exact) mass is 551 g/mol. The summed E-state index contributed by atoms with van der Waals surface area (Å²) in [6.45, 7) is 6.80. The fraction of sp³-hybridized carbons (Fsp3) is 0.438. The molecule has 216 valence electrons. The molecular formula is C32H41NO7. The Morgan fingerprint density at radius 1 is 1.07 bits per heavy atom. The smallest absolute Gasteiger partial charge is 0.347 e. The van der Waals surface area contributed by atoms with Crippen LogP contribution in [0.5, 0.6) is 23.0 Å². The van der Waals surface area contributed by atoms with Crippen molar-refractivity contribution in [3.8, 4) is 23.0 Å². The molecule has 40 heavy (non-hydrogen) atoms. The highest BCUT2D eigenvalue weighted by atomic mass is 16.6. The molecule has 0 saturated carbocycles. The molecule has 0 amide bonds. The van der Waals surface area contributed by atoms with E-state index in [4.69, 9.17) is 23.7 Å². The van der Waals surface area contributed by atoms with Crippen molar-refractivity contribution in [3.63, 3.8) is 0 Å². The Hall–Kier alpha value is -3.94. The summed E-state index contributed by atoms with van der Waals surface area (Å²) < 4.78 is 28.9. The van der Waals surface area contributed by atoms with Gasteiger partial charge in [0.25, 0.3) is 0 Å². The molecule has 2 aromatic carbocycles. The van der Waals surface area contributed by atoms with Gasteiger partial charge in [0.15, 0.2) is 11.9 Å². The molecule has 0 aromatic heterocycles. The second-order valence-corrected chi connectivity index (χ2v) is 9.76. The van der Waals surface area contributed by atoms with Crippen molar-refractivity contribution in [2.75, 3.05) is 41.5 Å². The van der Waals surface area contributed by atoms with Gasteiger partial charge in [0.2, 0.25) is 0 Å². The van der Waals surface area contributed by atoms with Gasteiger partial charge in [-0.2, -0.15) is 0 Å². The second kappa shape index (κ2) is 15.0. The Kier molecular flexibility index (Phi) is 11.5. The van der Waals surface area contributed by atoms with Crippen LogP contribution in [0.2, 0.25) is 0 Å². The van der Waals surface area contributed by atoms with E-state index in [9.17, 15) is 9.59 Å². The van der Waals surface area contributed by atoms with Crippen LogP contribution in [-0.2, 0) is 28.8 Å². The molecular weight excluding hydrogens is 510 g/mol. The number of hydrogen-bond acceptors (Lipinski definition) is 8. The zero-order chi connectivity index (χ0) is 29.1. The van der Waals surface area contributed by atoms with Gasteiger partial charge in [-0.3, -0.25) is 4.79 Å². The number of esters is 1. The number of benzene rings is 2. The van der Waals surface area contributed by atoms with Gasteiger partial charge in [-0.1, -0.05) is 25.5 Å². The van der Waals surface area contributed by atoms with Crippen LogP contribution >= 0.6 is 0 Å². The molecule has 8 nitrogen and oxygen atoms in total. The van der Waals surface area contributed by atoms with Crippen LogP contribution in [0.1, 0.15) is 53.2 Å². The van der Waals surface area contributed by atoms with E-state index in [1.807, 2.05) is 26.2 Å². The number of aryl methyl sites for hydroxylation is 1. The van der Waals surface area contributed by atoms with E-state index < -0.39 is 6.10 Å². The zero-order valence-electron chi connectivity index (χ0n) is 24.3. The van der Waals surface area contributed by atoms with Crippen molar-refractivity contribution in [1.82, 2.24) is 4.90 Å². The first-order chi connectivity index (χ1) is 19.3. The molecule has 1 unspecified atom stereocenters. The summed E-state index contributed by atoms with van der Waals surface area (Å²) >= 11 is 0. The fourth-order valence-electron chi connectivity index (χ4n) is 4.65. The number of fused-ring (bicyclic) bond motifs is 1. The number of methoxy groups -OCH3 is 2. The minimum Gasteiger partial charge on any atom is -0.496 e. The minimum atomic E-state index is -0.593. The van der Waals surface area contributed by atoms with Crippen LogP contribution in [0.15, 0.2) is 49.2 Å². The molecule has 1 aliphatic rings. The topological polar surface area (TPSA) is 83.5 Å². The van der Waals surface area contributed by atoms with Gasteiger partial charge in [-0.25, -0.2) is 4.79 Å². The Bertz CT molecular complexity index is 1220. The van der Waals surface area contributed by atoms with Crippen LogP contribution < -0.4 is 18.9 Å². The molecule has 1 heterocycles. The van der Waals surface area contributed by atoms with Crippen molar-refractivity contribution in [3.05, 3.63) is 71.5 Å². The van der Waals surface area contributed by atoms with Crippen LogP contribution in [-0.4, -0.2) is 64.3 Å². The van der Waals surface area contributed by atoms with Gasteiger partial charge in [-0.05, 0) is 49.4 Å². The summed E-state index contributed by atoms with van der Waals surface area (Å²) in [5, 5.41) is 0. The van der Waals surface area contributed by atoms with Crippen molar-refractivity contribution < 1.29 is 33.3 Å². The molecule has 0 fully saturated rings. The fourth-order valence-corrected chi connectivity index (χ4v) is 4.65. The molecule has 0 radical (unpaired) electrons. The predicted molar refractivity (Wildman–Crippen MR) is 155 cm³/mol. The quantitative estimate of drug-likeness (QED) is 0.0964. The third-order valence-electron chi connectivity index (χ3n) is 6.56. The Labute approximate surface area is 237 Å². The largest absolute Gasteiger partial charge is 0.496 e. The third-order valence-corrected chi connectivity index (χ3v) is 6.56. The second-order valence-electron chi connectivity index (χ2n) is 9.76. The number of nitrogens with zero attached hydrogens (tertiary/aromatic N) is 1. The number of ether oxygens (including phenoxy) is 5. The normalized spacial score (nSPS) is 14.2. The summed E-state index contributed by atoms with van der Waals surface area (Å²) in [5.41, 5.74) is 3.32. The summed E-state index contributed by atoms with van der Waals surface area (Å²) in [6, 6.07) is 7.53. The van der Waals surface area contributed by atoms with Gasteiger partial charge in [0.1, 0.15) is 23.0 Å². The van der Waals surface area contributed by atoms with Crippen molar-refractivity contribution in [1.29, 1.82) is 0 Å². The van der Waals surface area contributed by atoms with E-state index in [0.29, 0.717) is 49.5 Å². The van der Waals surface area contributed by atoms with Crippen molar-refractivity contribution in [2.24, 2.45) is 0 Å². The Morgan fingerprint density at radius 2 is 1.77 bits per heavy atom. The van der Waals surface area contributed by atoms with Crippen LogP contribution in [0, 0.1) is 0 Å². The summed E-state index contributed by atoms with van der Waals surface area (Å²) in [4.78, 5) is 26.6. The van der Waals surface area contributed by atoms with Crippen LogP contribution in [0.4, 0.5) is 0 Å². The maximum atomic E-state index is 12.8. The average molecular weight is 552 g/mol. The summed E-state index contributed by atoms with van der Waals surface area (Å²) in [6.07, 6.45) is 8.57. The first-order valence-corrected chi connectivity index (χ1v) is 13.7. The van der Waals surface area contributed by atoms with Crippen LogP contribution in [0.25, 0.3) is 0 Å². The SMILES string of the molecule is C=CCc1c(OCCCOc2ccc3c(c2CCC)OC(C(=O)OC)CC3)ccc(C(=O)/C=C\N(C)C)c1OC. The molecule has 3 rings (SSSR count). The molecule has 8 heteroatoms. The standard InChI is InChI=1S/C32H41NO7/c1-7-10-24-27(15-12-22-13-16-29(32(35)37-6)40-30(22)24)38-20-9-21-39-28-17-14-23(26(34)18-19-33(3)4)31(36-5)25(28)11-8-2/h8,12,14-15,17-19,29H,2,7,9-11,13,16,20-21H2,1,3-6H3/b19-18-. The molecule has 0 bridgehead atoms. The number of carbonyl (C=O) groups excluding carboxylic acids is 2. The van der Waals surface area contributed by atoms with Crippen molar-refractivity contribution in [2.45, 2.75) is 51.6 Å². The maximum absolute atomic E-state index is 12.8. The van der Waals surface area contributed by atoms with Gasteiger partial charge in [0, 0.05) is 43.9 Å². The number of rotatable bonds is 15. The Balaban J connectivity index is 1.67. The van der Waals surface area contributed by atoms with E-state index in [1.165, 1.54) is 13.2 Å². The summed E-state index contributed by atoms with van der Waals surface area (Å²) in [7, 11) is 6.64. The molecule has 0 N–H and O–H groups in total. The van der Waals surface area contributed by atoms with Crippen LogP contribution in [0.3, 0.4) is 0 Å². The lowest BCUT2D eigenvalue weighted by Crippen LogP contribution is -2.32. The third kappa shape index (κ3) is 7.58. The number of allylic oxidation sites excluding steroid dienone is 2. The molecule has 1 aliphatic heterocycles. The first kappa shape index (κ1) is 30.6. The number of carbonyl (C=O) groups is 2. The van der Waals surface area contributed by atoms with Gasteiger partial charge in [-0.15, -0.1) is 6.58 Å². The van der Waals surface area contributed by atoms with Gasteiger partial charge < -0.3 is 28.6 Å². The zero-order valence-corrected chi connectivity index (χ0v) is 24.3. The lowest BCUT2D eigenvalue weighted by molar-refractivity contribution is -0.149. The molecule has 1 atom stereocenters. The van der Waals surface area contributed by atoms with E-state index in [2.05, 4.69) is 13.5 Å². The lowest BCUT2D eigenvalue weighted by atomic mass is 9.96. The number of ketones is 1.